The molecule has 0 spiro atoms. The molecule has 25 heavy (non-hydrogen) atoms. The van der Waals surface area contributed by atoms with Crippen LogP contribution in [0.15, 0.2) is 24.3 Å². The molecule has 2 atom stereocenters. The Morgan fingerprint density at radius 3 is 2.20 bits per heavy atom. The summed E-state index contributed by atoms with van der Waals surface area (Å²) < 4.78 is 4.94. The quantitative estimate of drug-likeness (QED) is 0.234. The standard InChI is InChI=1S/C16H18O9/c17-9-3-1-8(5-10(9)18)2-4-13(21)25-16(15(23)24)6-11(19)14(22)12(20)7-16/h1-5,11-12,14,17-20,22H,6-7H2,(H,23,24). The van der Waals surface area contributed by atoms with E-state index < -0.39 is 54.4 Å². The van der Waals surface area contributed by atoms with E-state index in [1.54, 1.807) is 0 Å². The van der Waals surface area contributed by atoms with Gasteiger partial charge in [-0.1, -0.05) is 6.07 Å². The Hall–Kier alpha value is -2.62. The van der Waals surface area contributed by atoms with Gasteiger partial charge in [0.25, 0.3) is 0 Å². The fraction of sp³-hybridized carbons (Fsp3) is 0.375. The van der Waals surface area contributed by atoms with Gasteiger partial charge in [0.05, 0.1) is 12.2 Å². The number of carboxylic acids is 1. The first-order valence-electron chi connectivity index (χ1n) is 7.35. The number of aliphatic hydroxyl groups excluding tert-OH is 3. The first-order valence-corrected chi connectivity index (χ1v) is 7.35. The molecular formula is C16H18O9. The second kappa shape index (κ2) is 7.09. The highest BCUT2D eigenvalue weighted by molar-refractivity contribution is 5.90. The Balaban J connectivity index is 2.14. The van der Waals surface area contributed by atoms with Gasteiger partial charge in [0.1, 0.15) is 6.10 Å². The van der Waals surface area contributed by atoms with E-state index in [1.807, 2.05) is 0 Å². The van der Waals surface area contributed by atoms with Crippen molar-refractivity contribution in [1.29, 1.82) is 0 Å². The number of aliphatic carboxylic acids is 1. The lowest BCUT2D eigenvalue weighted by Crippen LogP contribution is -2.57. The molecule has 0 aromatic heterocycles. The summed E-state index contributed by atoms with van der Waals surface area (Å²) in [6.45, 7) is 0. The highest BCUT2D eigenvalue weighted by atomic mass is 16.6. The molecule has 9 nitrogen and oxygen atoms in total. The molecule has 1 fully saturated rings. The lowest BCUT2D eigenvalue weighted by molar-refractivity contribution is -0.201. The van der Waals surface area contributed by atoms with E-state index >= 15 is 0 Å². The zero-order valence-corrected chi connectivity index (χ0v) is 12.9. The molecule has 0 saturated heterocycles. The third kappa shape index (κ3) is 4.08. The molecule has 1 aliphatic carbocycles. The van der Waals surface area contributed by atoms with Crippen LogP contribution < -0.4 is 0 Å². The normalized spacial score (nSPS) is 29.5. The van der Waals surface area contributed by atoms with Crippen molar-refractivity contribution in [3.63, 3.8) is 0 Å². The molecule has 0 aliphatic heterocycles. The number of carboxylic acid groups (broad SMARTS) is 1. The molecule has 0 heterocycles. The maximum Gasteiger partial charge on any atom is 0.348 e. The monoisotopic (exact) mass is 354 g/mol. The molecule has 136 valence electrons. The third-order valence-corrected chi connectivity index (χ3v) is 3.96. The van der Waals surface area contributed by atoms with Crippen molar-refractivity contribution in [2.75, 3.05) is 0 Å². The van der Waals surface area contributed by atoms with E-state index in [1.165, 1.54) is 24.3 Å². The summed E-state index contributed by atoms with van der Waals surface area (Å²) in [6, 6.07) is 3.78. The summed E-state index contributed by atoms with van der Waals surface area (Å²) in [7, 11) is 0. The number of benzene rings is 1. The molecule has 0 amide bonds. The number of aromatic hydroxyl groups is 2. The van der Waals surface area contributed by atoms with Gasteiger partial charge in [0, 0.05) is 18.9 Å². The van der Waals surface area contributed by atoms with Crippen LogP contribution in [0.1, 0.15) is 18.4 Å². The number of aliphatic hydroxyl groups is 3. The van der Waals surface area contributed by atoms with E-state index in [-0.39, 0.29) is 5.75 Å². The molecule has 0 radical (unpaired) electrons. The third-order valence-electron chi connectivity index (χ3n) is 3.96. The van der Waals surface area contributed by atoms with Gasteiger partial charge in [0.15, 0.2) is 11.5 Å². The number of hydrogen-bond donors (Lipinski definition) is 6. The number of carbonyl (C=O) groups excluding carboxylic acids is 1. The fourth-order valence-corrected chi connectivity index (χ4v) is 2.59. The Morgan fingerprint density at radius 2 is 1.68 bits per heavy atom. The summed E-state index contributed by atoms with van der Waals surface area (Å²) in [5.41, 5.74) is -1.83. The van der Waals surface area contributed by atoms with Gasteiger partial charge >= 0.3 is 11.9 Å². The number of phenolic OH excluding ortho intramolecular Hbond substituents is 2. The van der Waals surface area contributed by atoms with Gasteiger partial charge in [0.2, 0.25) is 5.60 Å². The summed E-state index contributed by atoms with van der Waals surface area (Å²) in [5.74, 6) is -3.34. The molecule has 2 rings (SSSR count). The van der Waals surface area contributed by atoms with Gasteiger partial charge in [-0.2, -0.15) is 0 Å². The number of rotatable bonds is 4. The van der Waals surface area contributed by atoms with Gasteiger partial charge < -0.3 is 35.4 Å². The SMILES string of the molecule is O=C(C=Cc1ccc(O)c(O)c1)OC1(C(=O)O)CC(O)C(O)C(O)C1. The van der Waals surface area contributed by atoms with Crippen LogP contribution in [-0.2, 0) is 14.3 Å². The van der Waals surface area contributed by atoms with Crippen LogP contribution in [0.3, 0.4) is 0 Å². The largest absolute Gasteiger partial charge is 0.504 e. The molecule has 0 bridgehead atoms. The van der Waals surface area contributed by atoms with Crippen molar-refractivity contribution in [2.45, 2.75) is 36.8 Å². The smallest absolute Gasteiger partial charge is 0.348 e. The minimum atomic E-state index is -2.17. The van der Waals surface area contributed by atoms with Crippen molar-refractivity contribution < 1.29 is 45.0 Å². The summed E-state index contributed by atoms with van der Waals surface area (Å²) in [6.07, 6.45) is -3.67. The Kier molecular flexibility index (Phi) is 5.31. The van der Waals surface area contributed by atoms with Crippen molar-refractivity contribution in [3.05, 3.63) is 29.8 Å². The van der Waals surface area contributed by atoms with Gasteiger partial charge in [-0.15, -0.1) is 0 Å². The highest BCUT2D eigenvalue weighted by Crippen LogP contribution is 2.33. The van der Waals surface area contributed by atoms with Crippen molar-refractivity contribution >= 4 is 18.0 Å². The molecule has 9 heteroatoms. The number of hydrogen-bond acceptors (Lipinski definition) is 8. The van der Waals surface area contributed by atoms with Crippen LogP contribution in [0.25, 0.3) is 6.08 Å². The molecule has 6 N–H and O–H groups in total. The molecular weight excluding hydrogens is 336 g/mol. The predicted octanol–water partition coefficient (Wildman–Crippen LogP) is -0.646. The van der Waals surface area contributed by atoms with Gasteiger partial charge in [-0.05, 0) is 23.8 Å². The summed E-state index contributed by atoms with van der Waals surface area (Å²) in [5, 5.41) is 56.8. The minimum Gasteiger partial charge on any atom is -0.504 e. The van der Waals surface area contributed by atoms with Crippen LogP contribution in [0.5, 0.6) is 11.5 Å². The molecule has 2 unspecified atom stereocenters. The van der Waals surface area contributed by atoms with E-state index in [9.17, 15) is 40.2 Å². The van der Waals surface area contributed by atoms with E-state index in [2.05, 4.69) is 0 Å². The number of ether oxygens (including phenoxy) is 1. The van der Waals surface area contributed by atoms with Crippen LogP contribution in [-0.4, -0.2) is 66.5 Å². The second-order valence-electron chi connectivity index (χ2n) is 5.84. The van der Waals surface area contributed by atoms with Crippen molar-refractivity contribution in [1.82, 2.24) is 0 Å². The van der Waals surface area contributed by atoms with Crippen molar-refractivity contribution in [3.8, 4) is 11.5 Å². The average molecular weight is 354 g/mol. The fourth-order valence-electron chi connectivity index (χ4n) is 2.59. The van der Waals surface area contributed by atoms with E-state index in [0.29, 0.717) is 5.56 Å². The maximum atomic E-state index is 11.9. The first-order chi connectivity index (χ1) is 11.6. The van der Waals surface area contributed by atoms with Gasteiger partial charge in [-0.25, -0.2) is 9.59 Å². The Bertz CT molecular complexity index is 685. The topological polar surface area (TPSA) is 165 Å². The molecule has 1 aromatic carbocycles. The zero-order chi connectivity index (χ0) is 18.8. The first kappa shape index (κ1) is 18.7. The number of phenols is 2. The summed E-state index contributed by atoms with van der Waals surface area (Å²) >= 11 is 0. The zero-order valence-electron chi connectivity index (χ0n) is 12.9. The van der Waals surface area contributed by atoms with Crippen LogP contribution in [0.4, 0.5) is 0 Å². The lowest BCUT2D eigenvalue weighted by Gasteiger charge is -2.39. The summed E-state index contributed by atoms with van der Waals surface area (Å²) in [4.78, 5) is 23.4. The Morgan fingerprint density at radius 1 is 1.08 bits per heavy atom. The second-order valence-corrected chi connectivity index (χ2v) is 5.84. The number of esters is 1. The predicted molar refractivity (Wildman–Crippen MR) is 82.5 cm³/mol. The van der Waals surface area contributed by atoms with Crippen LogP contribution in [0.2, 0.25) is 0 Å². The van der Waals surface area contributed by atoms with Crippen LogP contribution >= 0.6 is 0 Å². The van der Waals surface area contributed by atoms with E-state index in [4.69, 9.17) is 4.74 Å². The lowest BCUT2D eigenvalue weighted by atomic mass is 9.79. The van der Waals surface area contributed by atoms with Crippen molar-refractivity contribution in [2.24, 2.45) is 0 Å². The molecule has 1 aliphatic rings. The van der Waals surface area contributed by atoms with Gasteiger partial charge in [-0.3, -0.25) is 0 Å². The minimum absolute atomic E-state index is 0.340. The van der Waals surface area contributed by atoms with Crippen LogP contribution in [0, 0.1) is 0 Å². The Labute approximate surface area is 142 Å². The maximum absolute atomic E-state index is 11.9. The number of carbonyl (C=O) groups is 2. The molecule has 1 saturated carbocycles. The molecule has 1 aromatic rings. The van der Waals surface area contributed by atoms with E-state index in [0.717, 1.165) is 6.08 Å². The highest BCUT2D eigenvalue weighted by Gasteiger charge is 2.52. The average Bonchev–Trinajstić information content (AvgIpc) is 2.53.